The van der Waals surface area contributed by atoms with E-state index in [4.69, 9.17) is 10.5 Å². The number of rotatable bonds is 5. The first-order valence-electron chi connectivity index (χ1n) is 7.92. The Bertz CT molecular complexity index is 1030. The van der Waals surface area contributed by atoms with Gasteiger partial charge in [0.2, 0.25) is 0 Å². The molecular weight excluding hydrogens is 318 g/mol. The Kier molecular flexibility index (Phi) is 3.91. The molecule has 0 amide bonds. The molecule has 2 aromatic carbocycles. The highest BCUT2D eigenvalue weighted by molar-refractivity contribution is 5.88. The van der Waals surface area contributed by atoms with Crippen LogP contribution in [0.2, 0.25) is 0 Å². The molecule has 2 aromatic heterocycles. The number of aromatic nitrogens is 4. The summed E-state index contributed by atoms with van der Waals surface area (Å²) >= 11 is 0. The van der Waals surface area contributed by atoms with E-state index in [1.165, 1.54) is 6.33 Å². The maximum absolute atomic E-state index is 10.3. The van der Waals surface area contributed by atoms with Crippen molar-refractivity contribution in [3.63, 3.8) is 0 Å². The molecule has 7 heteroatoms. The van der Waals surface area contributed by atoms with E-state index in [2.05, 4.69) is 15.0 Å². The standard InChI is InChI=1S/C18H17N5O2/c19-17-16-18(21-10-20-17)23(11-22-16)8-13(24)9-25-15-7-3-5-12-4-1-2-6-14(12)15/h1-7,10-11,13,24H,8-9H2,(H2,19,20,21)/t13-/m0/s1. The highest BCUT2D eigenvalue weighted by Gasteiger charge is 2.13. The van der Waals surface area contributed by atoms with E-state index in [1.54, 1.807) is 10.9 Å². The highest BCUT2D eigenvalue weighted by atomic mass is 16.5. The van der Waals surface area contributed by atoms with E-state index in [-0.39, 0.29) is 6.61 Å². The first-order valence-corrected chi connectivity index (χ1v) is 7.92. The molecule has 4 rings (SSSR count). The number of nitrogen functional groups attached to an aromatic ring is 1. The van der Waals surface area contributed by atoms with Gasteiger partial charge < -0.3 is 20.1 Å². The van der Waals surface area contributed by atoms with Crippen molar-refractivity contribution < 1.29 is 9.84 Å². The number of nitrogens with zero attached hydrogens (tertiary/aromatic N) is 4. The lowest BCUT2D eigenvalue weighted by molar-refractivity contribution is 0.0940. The summed E-state index contributed by atoms with van der Waals surface area (Å²) in [6.45, 7) is 0.464. The fraction of sp³-hybridized carbons (Fsp3) is 0.167. The number of aliphatic hydroxyl groups excluding tert-OH is 1. The van der Waals surface area contributed by atoms with Crippen LogP contribution in [0.25, 0.3) is 21.9 Å². The molecule has 0 aliphatic rings. The van der Waals surface area contributed by atoms with Crippen LogP contribution in [0.4, 0.5) is 5.82 Å². The van der Waals surface area contributed by atoms with Crippen LogP contribution in [0, 0.1) is 0 Å². The summed E-state index contributed by atoms with van der Waals surface area (Å²) in [6, 6.07) is 13.8. The van der Waals surface area contributed by atoms with E-state index in [0.29, 0.717) is 23.5 Å². The van der Waals surface area contributed by atoms with Crippen LogP contribution in [-0.4, -0.2) is 37.3 Å². The number of aliphatic hydroxyl groups is 1. The lowest BCUT2D eigenvalue weighted by atomic mass is 10.1. The van der Waals surface area contributed by atoms with Crippen LogP contribution < -0.4 is 10.5 Å². The van der Waals surface area contributed by atoms with Gasteiger partial charge in [0.05, 0.1) is 12.9 Å². The summed E-state index contributed by atoms with van der Waals surface area (Å²) in [7, 11) is 0. The summed E-state index contributed by atoms with van der Waals surface area (Å²) in [5, 5.41) is 12.5. The Labute approximate surface area is 143 Å². The van der Waals surface area contributed by atoms with E-state index < -0.39 is 6.10 Å². The minimum atomic E-state index is -0.715. The highest BCUT2D eigenvalue weighted by Crippen LogP contribution is 2.25. The molecule has 1 atom stereocenters. The Morgan fingerprint density at radius 2 is 1.92 bits per heavy atom. The lowest BCUT2D eigenvalue weighted by Crippen LogP contribution is -2.23. The topological polar surface area (TPSA) is 99.1 Å². The van der Waals surface area contributed by atoms with Crippen molar-refractivity contribution in [2.24, 2.45) is 0 Å². The Morgan fingerprint density at radius 3 is 2.84 bits per heavy atom. The quantitative estimate of drug-likeness (QED) is 0.579. The van der Waals surface area contributed by atoms with Crippen LogP contribution >= 0.6 is 0 Å². The van der Waals surface area contributed by atoms with Gasteiger partial charge in [-0.05, 0) is 11.5 Å². The molecule has 0 radical (unpaired) electrons. The summed E-state index contributed by atoms with van der Waals surface area (Å²) in [5.41, 5.74) is 6.90. The van der Waals surface area contributed by atoms with E-state index in [9.17, 15) is 5.11 Å². The van der Waals surface area contributed by atoms with Crippen molar-refractivity contribution in [2.45, 2.75) is 12.6 Å². The third kappa shape index (κ3) is 2.97. The second-order valence-corrected chi connectivity index (χ2v) is 5.77. The maximum atomic E-state index is 10.3. The molecule has 25 heavy (non-hydrogen) atoms. The number of anilines is 1. The summed E-state index contributed by atoms with van der Waals surface area (Å²) < 4.78 is 7.57. The number of benzene rings is 2. The number of hydrogen-bond acceptors (Lipinski definition) is 6. The zero-order chi connectivity index (χ0) is 17.2. The first kappa shape index (κ1) is 15.3. The van der Waals surface area contributed by atoms with Crippen LogP contribution in [0.15, 0.2) is 55.1 Å². The fourth-order valence-corrected chi connectivity index (χ4v) is 2.82. The maximum Gasteiger partial charge on any atom is 0.165 e. The SMILES string of the molecule is Nc1ncnc2c1ncn2C[C@H](O)COc1cccc2ccccc12. The Hall–Kier alpha value is -3.19. The fourth-order valence-electron chi connectivity index (χ4n) is 2.82. The van der Waals surface area contributed by atoms with Gasteiger partial charge in [-0.3, -0.25) is 0 Å². The lowest BCUT2D eigenvalue weighted by Gasteiger charge is -2.14. The van der Waals surface area contributed by atoms with Crippen molar-refractivity contribution in [3.05, 3.63) is 55.1 Å². The van der Waals surface area contributed by atoms with Gasteiger partial charge in [0.15, 0.2) is 11.5 Å². The molecule has 0 unspecified atom stereocenters. The van der Waals surface area contributed by atoms with Crippen molar-refractivity contribution in [2.75, 3.05) is 12.3 Å². The molecule has 2 heterocycles. The second kappa shape index (κ2) is 6.37. The Morgan fingerprint density at radius 1 is 1.08 bits per heavy atom. The van der Waals surface area contributed by atoms with Gasteiger partial charge in [-0.2, -0.15) is 0 Å². The molecule has 126 valence electrons. The normalized spacial score (nSPS) is 12.5. The molecule has 4 aromatic rings. The predicted molar refractivity (Wildman–Crippen MR) is 95.2 cm³/mol. The third-order valence-electron chi connectivity index (χ3n) is 4.02. The van der Waals surface area contributed by atoms with E-state index >= 15 is 0 Å². The molecular formula is C18H17N5O2. The zero-order valence-electron chi connectivity index (χ0n) is 13.4. The van der Waals surface area contributed by atoms with Gasteiger partial charge in [-0.1, -0.05) is 36.4 Å². The van der Waals surface area contributed by atoms with Crippen LogP contribution in [0.1, 0.15) is 0 Å². The average Bonchev–Trinajstić information content (AvgIpc) is 3.04. The summed E-state index contributed by atoms with van der Waals surface area (Å²) in [5.74, 6) is 1.07. The predicted octanol–water partition coefficient (Wildman–Crippen LogP) is 2.00. The summed E-state index contributed by atoms with van der Waals surface area (Å²) in [6.07, 6.45) is 2.26. The van der Waals surface area contributed by atoms with E-state index in [0.717, 1.165) is 16.5 Å². The largest absolute Gasteiger partial charge is 0.490 e. The molecule has 0 fully saturated rings. The number of hydrogen-bond donors (Lipinski definition) is 2. The van der Waals surface area contributed by atoms with Gasteiger partial charge in [0.25, 0.3) is 0 Å². The molecule has 3 N–H and O–H groups in total. The van der Waals surface area contributed by atoms with Gasteiger partial charge in [-0.25, -0.2) is 15.0 Å². The van der Waals surface area contributed by atoms with Crippen LogP contribution in [0.3, 0.4) is 0 Å². The van der Waals surface area contributed by atoms with Crippen molar-refractivity contribution in [1.29, 1.82) is 0 Å². The second-order valence-electron chi connectivity index (χ2n) is 5.77. The van der Waals surface area contributed by atoms with Crippen LogP contribution in [-0.2, 0) is 6.54 Å². The average molecular weight is 335 g/mol. The third-order valence-corrected chi connectivity index (χ3v) is 4.02. The number of fused-ring (bicyclic) bond motifs is 2. The minimum absolute atomic E-state index is 0.161. The van der Waals surface area contributed by atoms with Gasteiger partial charge in [0.1, 0.15) is 30.3 Å². The molecule has 0 saturated carbocycles. The zero-order valence-corrected chi connectivity index (χ0v) is 13.4. The Balaban J connectivity index is 1.48. The smallest absolute Gasteiger partial charge is 0.165 e. The minimum Gasteiger partial charge on any atom is -0.490 e. The van der Waals surface area contributed by atoms with Gasteiger partial charge in [-0.15, -0.1) is 0 Å². The first-order chi connectivity index (χ1) is 12.2. The molecule has 0 saturated heterocycles. The van der Waals surface area contributed by atoms with Crippen molar-refractivity contribution in [3.8, 4) is 5.75 Å². The van der Waals surface area contributed by atoms with Crippen molar-refractivity contribution >= 4 is 27.8 Å². The van der Waals surface area contributed by atoms with Gasteiger partial charge in [0, 0.05) is 5.39 Å². The molecule has 7 nitrogen and oxygen atoms in total. The molecule has 0 aliphatic heterocycles. The van der Waals surface area contributed by atoms with Crippen molar-refractivity contribution in [1.82, 2.24) is 19.5 Å². The van der Waals surface area contributed by atoms with Crippen LogP contribution in [0.5, 0.6) is 5.75 Å². The molecule has 0 aliphatic carbocycles. The number of ether oxygens (including phenoxy) is 1. The monoisotopic (exact) mass is 335 g/mol. The van der Waals surface area contributed by atoms with E-state index in [1.807, 2.05) is 42.5 Å². The summed E-state index contributed by atoms with van der Waals surface area (Å²) in [4.78, 5) is 12.3. The van der Waals surface area contributed by atoms with Gasteiger partial charge >= 0.3 is 0 Å². The number of nitrogens with two attached hydrogens (primary N) is 1. The molecule has 0 bridgehead atoms. The molecule has 0 spiro atoms. The number of imidazole rings is 1.